The zero-order valence-corrected chi connectivity index (χ0v) is 24.8. The predicted octanol–water partition coefficient (Wildman–Crippen LogP) is 3.48. The van der Waals surface area contributed by atoms with E-state index < -0.39 is 40.5 Å². The fraction of sp³-hybridized carbons (Fsp3) is 0.333. The molecule has 0 saturated carbocycles. The van der Waals surface area contributed by atoms with Crippen LogP contribution in [-0.2, 0) is 27.5 Å². The van der Waals surface area contributed by atoms with E-state index in [0.717, 1.165) is 11.6 Å². The lowest BCUT2D eigenvalue weighted by molar-refractivity contribution is -0.0868. The van der Waals surface area contributed by atoms with Crippen molar-refractivity contribution in [2.75, 3.05) is 19.8 Å². The minimum atomic E-state index is -1.12. The zero-order valence-electron chi connectivity index (χ0n) is 24.8. The number of rotatable bonds is 7. The highest BCUT2D eigenvalue weighted by molar-refractivity contribution is 5.99. The molecule has 5 heterocycles. The second-order valence-electron chi connectivity index (χ2n) is 11.7. The van der Waals surface area contributed by atoms with E-state index in [2.05, 4.69) is 10.5 Å². The highest BCUT2D eigenvalue weighted by Crippen LogP contribution is 2.44. The summed E-state index contributed by atoms with van der Waals surface area (Å²) in [4.78, 5) is 49.3. The Morgan fingerprint density at radius 1 is 1.15 bits per heavy atom. The number of carbonyl (C=O) groups is 2. The Labute approximate surface area is 262 Å². The van der Waals surface area contributed by atoms with Gasteiger partial charge in [-0.3, -0.25) is 14.4 Å². The quantitative estimate of drug-likeness (QED) is 0.396. The van der Waals surface area contributed by atoms with Gasteiger partial charge in [0.15, 0.2) is 17.0 Å². The van der Waals surface area contributed by atoms with Gasteiger partial charge in [-0.15, -0.1) is 0 Å². The lowest BCUT2D eigenvalue weighted by Crippen LogP contribution is -2.53. The molecule has 2 aromatic carbocycles. The Morgan fingerprint density at radius 3 is 2.70 bits per heavy atom. The first-order valence-electron chi connectivity index (χ1n) is 14.9. The molecular formula is C33H30F2N4O7. The molecule has 13 heteroatoms. The second kappa shape index (κ2) is 11.7. The maximum absolute atomic E-state index is 14.3. The van der Waals surface area contributed by atoms with Crippen molar-refractivity contribution in [2.24, 2.45) is 5.16 Å². The predicted molar refractivity (Wildman–Crippen MR) is 159 cm³/mol. The molecule has 3 atom stereocenters. The molecule has 2 amide bonds. The number of benzene rings is 2. The van der Waals surface area contributed by atoms with Gasteiger partial charge in [0.25, 0.3) is 11.8 Å². The maximum atomic E-state index is 14.3. The second-order valence-corrected chi connectivity index (χ2v) is 11.7. The number of pyridine rings is 1. The van der Waals surface area contributed by atoms with Crippen molar-refractivity contribution < 1.29 is 37.4 Å². The van der Waals surface area contributed by atoms with Gasteiger partial charge in [-0.1, -0.05) is 47.6 Å². The summed E-state index contributed by atoms with van der Waals surface area (Å²) >= 11 is 0. The molecule has 11 nitrogen and oxygen atoms in total. The fourth-order valence-corrected chi connectivity index (χ4v) is 6.02. The minimum absolute atomic E-state index is 0.0291. The number of amides is 2. The summed E-state index contributed by atoms with van der Waals surface area (Å²) in [7, 11) is 0. The normalized spacial score (nSPS) is 23.2. The van der Waals surface area contributed by atoms with Crippen molar-refractivity contribution in [1.82, 2.24) is 14.8 Å². The summed E-state index contributed by atoms with van der Waals surface area (Å²) in [5.74, 6) is -2.80. The van der Waals surface area contributed by atoms with Crippen molar-refractivity contribution in [3.63, 3.8) is 0 Å². The van der Waals surface area contributed by atoms with Crippen molar-refractivity contribution in [3.8, 4) is 5.75 Å². The molecule has 1 spiro atoms. The number of halogens is 2. The third kappa shape index (κ3) is 5.30. The summed E-state index contributed by atoms with van der Waals surface area (Å²) in [6.07, 6.45) is 5.11. The van der Waals surface area contributed by atoms with Crippen LogP contribution in [-0.4, -0.2) is 64.7 Å². The maximum Gasteiger partial charge on any atom is 0.275 e. The highest BCUT2D eigenvalue weighted by atomic mass is 19.1. The molecule has 1 aromatic heterocycles. The van der Waals surface area contributed by atoms with Crippen LogP contribution < -0.4 is 15.5 Å². The van der Waals surface area contributed by atoms with Gasteiger partial charge in [0.1, 0.15) is 29.9 Å². The van der Waals surface area contributed by atoms with Gasteiger partial charge in [-0.2, -0.15) is 0 Å². The average Bonchev–Trinajstić information content (AvgIpc) is 3.39. The number of hydrogen-bond acceptors (Lipinski definition) is 8. The molecule has 7 rings (SSSR count). The van der Waals surface area contributed by atoms with Crippen LogP contribution in [0.1, 0.15) is 51.4 Å². The molecule has 0 radical (unpaired) electrons. The van der Waals surface area contributed by atoms with Gasteiger partial charge < -0.3 is 33.8 Å². The van der Waals surface area contributed by atoms with Crippen LogP contribution in [0.5, 0.6) is 5.75 Å². The molecule has 238 valence electrons. The van der Waals surface area contributed by atoms with Crippen molar-refractivity contribution >= 4 is 17.7 Å². The van der Waals surface area contributed by atoms with E-state index in [1.165, 1.54) is 12.3 Å². The number of nitrogens with zero attached hydrogens (tertiary/aromatic N) is 3. The number of carbonyl (C=O) groups excluding carboxylic acids is 2. The van der Waals surface area contributed by atoms with Crippen molar-refractivity contribution in [3.05, 3.63) is 111 Å². The first-order valence-corrected chi connectivity index (χ1v) is 14.9. The highest BCUT2D eigenvalue weighted by Gasteiger charge is 2.53. The van der Waals surface area contributed by atoms with E-state index in [-0.39, 0.29) is 60.8 Å². The monoisotopic (exact) mass is 632 g/mol. The van der Waals surface area contributed by atoms with Gasteiger partial charge in [-0.05, 0) is 24.6 Å². The van der Waals surface area contributed by atoms with Crippen LogP contribution in [0.4, 0.5) is 8.78 Å². The van der Waals surface area contributed by atoms with Gasteiger partial charge in [0.05, 0.1) is 25.7 Å². The molecular weight excluding hydrogens is 602 g/mol. The van der Waals surface area contributed by atoms with E-state index in [0.29, 0.717) is 25.2 Å². The zero-order chi connectivity index (χ0) is 32.0. The average molecular weight is 633 g/mol. The summed E-state index contributed by atoms with van der Waals surface area (Å²) in [5.41, 5.74) is -1.51. The fourth-order valence-electron chi connectivity index (χ4n) is 6.02. The molecule has 4 aliphatic rings. The van der Waals surface area contributed by atoms with Crippen LogP contribution in [0.3, 0.4) is 0 Å². The van der Waals surface area contributed by atoms with Crippen molar-refractivity contribution in [2.45, 2.75) is 50.3 Å². The topological polar surface area (TPSA) is 121 Å². The van der Waals surface area contributed by atoms with Gasteiger partial charge in [-0.25, -0.2) is 8.78 Å². The smallest absolute Gasteiger partial charge is 0.275 e. The van der Waals surface area contributed by atoms with E-state index in [1.807, 2.05) is 49.4 Å². The number of hydrogen-bond donors (Lipinski definition) is 1. The van der Waals surface area contributed by atoms with Crippen molar-refractivity contribution in [1.29, 1.82) is 0 Å². The number of ether oxygens (including phenoxy) is 3. The van der Waals surface area contributed by atoms with Gasteiger partial charge >= 0.3 is 0 Å². The standard InChI is InChI=1S/C33H30F2N4O7/c1-19-9-10-33(12-27(37-46-33)45-23-17-43-18-23)26-15-38(19)32(42)28-30(44-16-20-5-3-2-4-6-20)29(40)24(14-39(26)28)31(41)36-13-21-7-8-22(34)11-25(21)35/h2-11,14,19,23,26H,12-13,15-18H2,1H3,(H,36,41)/t19-,26+,33+/m0/s1. The van der Waals surface area contributed by atoms with Crippen LogP contribution in [0, 0.1) is 11.6 Å². The molecule has 1 saturated heterocycles. The first kappa shape index (κ1) is 29.7. The summed E-state index contributed by atoms with van der Waals surface area (Å²) in [5, 5.41) is 6.78. The number of nitrogens with one attached hydrogen (secondary N) is 1. The molecule has 0 unspecified atom stereocenters. The molecule has 4 aliphatic heterocycles. The molecule has 1 fully saturated rings. The van der Waals surface area contributed by atoms with E-state index in [4.69, 9.17) is 19.0 Å². The Hall–Kier alpha value is -5.04. The van der Waals surface area contributed by atoms with E-state index in [1.54, 1.807) is 9.47 Å². The number of oxime groups is 1. The first-order chi connectivity index (χ1) is 22.2. The Bertz CT molecular complexity index is 1820. The third-order valence-corrected chi connectivity index (χ3v) is 8.65. The van der Waals surface area contributed by atoms with Crippen LogP contribution in [0.15, 0.2) is 76.8 Å². The Morgan fingerprint density at radius 2 is 1.96 bits per heavy atom. The largest absolute Gasteiger partial charge is 0.483 e. The molecule has 46 heavy (non-hydrogen) atoms. The summed E-state index contributed by atoms with van der Waals surface area (Å²) in [6.45, 7) is 2.56. The lowest BCUT2D eigenvalue weighted by Gasteiger charge is -2.42. The van der Waals surface area contributed by atoms with E-state index >= 15 is 0 Å². The Kier molecular flexibility index (Phi) is 7.55. The number of fused-ring (bicyclic) bond motifs is 5. The molecule has 1 N–H and O–H groups in total. The van der Waals surface area contributed by atoms with Crippen LogP contribution >= 0.6 is 0 Å². The SMILES string of the molecule is C[C@H]1C=C[C@@]2(CC(OC3COC3)=NO2)[C@H]2CN1C(=O)c1c(OCc3ccccc3)c(=O)c(C(=O)NCc3ccc(F)cc3F)cn12. The van der Waals surface area contributed by atoms with E-state index in [9.17, 15) is 23.2 Å². The summed E-state index contributed by atoms with van der Waals surface area (Å²) < 4.78 is 46.6. The lowest BCUT2D eigenvalue weighted by atomic mass is 9.88. The number of aromatic nitrogens is 1. The van der Waals surface area contributed by atoms with Gasteiger partial charge in [0, 0.05) is 37.0 Å². The molecule has 3 aromatic rings. The summed E-state index contributed by atoms with van der Waals surface area (Å²) in [6, 6.07) is 11.1. The third-order valence-electron chi connectivity index (χ3n) is 8.65. The van der Waals surface area contributed by atoms with Gasteiger partial charge in [0.2, 0.25) is 11.3 Å². The minimum Gasteiger partial charge on any atom is -0.483 e. The molecule has 0 aliphatic carbocycles. The van der Waals surface area contributed by atoms with Crippen LogP contribution in [0.25, 0.3) is 0 Å². The van der Waals surface area contributed by atoms with Crippen LogP contribution in [0.2, 0.25) is 0 Å². The molecule has 2 bridgehead atoms. The Balaban J connectivity index is 1.29.